The highest BCUT2D eigenvalue weighted by Crippen LogP contribution is 2.33. The Kier molecular flexibility index (Phi) is 10.8. The molecule has 0 aliphatic rings. The van der Waals surface area contributed by atoms with Crippen LogP contribution in [0.3, 0.4) is 0 Å². The normalized spacial score (nSPS) is 11.9. The van der Waals surface area contributed by atoms with Crippen molar-refractivity contribution in [1.29, 1.82) is 0 Å². The fourth-order valence-electron chi connectivity index (χ4n) is 4.72. The van der Waals surface area contributed by atoms with E-state index in [-0.39, 0.29) is 23.1 Å². The molecule has 0 saturated heterocycles. The molecule has 3 rings (SSSR count). The molecule has 220 valence electrons. The molecule has 0 aliphatic carbocycles. The number of amides is 2. The summed E-state index contributed by atoms with van der Waals surface area (Å²) >= 11 is 0. The van der Waals surface area contributed by atoms with Crippen molar-refractivity contribution >= 4 is 27.5 Å². The van der Waals surface area contributed by atoms with Crippen molar-refractivity contribution in [2.24, 2.45) is 0 Å². The quantitative estimate of drug-likeness (QED) is 0.320. The third-order valence-corrected chi connectivity index (χ3v) is 8.42. The second-order valence-corrected chi connectivity index (χ2v) is 11.6. The number of benzene rings is 3. The van der Waals surface area contributed by atoms with Crippen LogP contribution in [0.4, 0.5) is 5.69 Å². The molecular formula is C31H39N3O6S. The molecule has 0 bridgehead atoms. The van der Waals surface area contributed by atoms with Crippen LogP contribution in [0.1, 0.15) is 37.0 Å². The number of ether oxygens (including phenoxy) is 2. The maximum absolute atomic E-state index is 14.2. The molecule has 0 radical (unpaired) electrons. The van der Waals surface area contributed by atoms with Gasteiger partial charge in [0.05, 0.1) is 24.8 Å². The first kappa shape index (κ1) is 31.5. The molecule has 1 atom stereocenters. The third kappa shape index (κ3) is 7.58. The smallest absolute Gasteiger partial charge is 0.264 e. The van der Waals surface area contributed by atoms with Crippen molar-refractivity contribution in [1.82, 2.24) is 10.2 Å². The van der Waals surface area contributed by atoms with Gasteiger partial charge >= 0.3 is 0 Å². The first-order valence-corrected chi connectivity index (χ1v) is 14.9. The highest BCUT2D eigenvalue weighted by molar-refractivity contribution is 7.92. The average Bonchev–Trinajstić information content (AvgIpc) is 2.95. The van der Waals surface area contributed by atoms with E-state index in [1.54, 1.807) is 12.1 Å². The van der Waals surface area contributed by atoms with Crippen molar-refractivity contribution in [3.05, 3.63) is 83.4 Å². The molecule has 41 heavy (non-hydrogen) atoms. The van der Waals surface area contributed by atoms with Gasteiger partial charge in [-0.05, 0) is 68.1 Å². The Labute approximate surface area is 243 Å². The van der Waals surface area contributed by atoms with Gasteiger partial charge in [-0.25, -0.2) is 8.42 Å². The lowest BCUT2D eigenvalue weighted by Gasteiger charge is -2.33. The molecule has 0 aliphatic heterocycles. The van der Waals surface area contributed by atoms with Gasteiger partial charge in [-0.2, -0.15) is 0 Å². The number of methoxy groups -OCH3 is 2. The predicted molar refractivity (Wildman–Crippen MR) is 160 cm³/mol. The number of anilines is 1. The predicted octanol–water partition coefficient (Wildman–Crippen LogP) is 4.46. The zero-order valence-electron chi connectivity index (χ0n) is 24.5. The molecule has 0 heterocycles. The van der Waals surface area contributed by atoms with Gasteiger partial charge in [0.2, 0.25) is 11.8 Å². The van der Waals surface area contributed by atoms with Crippen LogP contribution in [0.2, 0.25) is 0 Å². The fourth-order valence-corrected chi connectivity index (χ4v) is 6.13. The van der Waals surface area contributed by atoms with Crippen molar-refractivity contribution in [2.75, 3.05) is 31.6 Å². The topological polar surface area (TPSA) is 105 Å². The van der Waals surface area contributed by atoms with Crippen molar-refractivity contribution in [2.45, 2.75) is 51.6 Å². The average molecular weight is 582 g/mol. The molecule has 0 fully saturated rings. The lowest BCUT2D eigenvalue weighted by Crippen LogP contribution is -2.52. The Hall–Kier alpha value is -4.05. The van der Waals surface area contributed by atoms with E-state index in [1.807, 2.05) is 64.1 Å². The number of nitrogens with one attached hydrogen (secondary N) is 1. The van der Waals surface area contributed by atoms with Gasteiger partial charge in [0.1, 0.15) is 12.6 Å². The monoisotopic (exact) mass is 581 g/mol. The number of rotatable bonds is 13. The van der Waals surface area contributed by atoms with Crippen molar-refractivity contribution < 1.29 is 27.5 Å². The molecule has 0 spiro atoms. The summed E-state index contributed by atoms with van der Waals surface area (Å²) in [5, 5.41) is 2.81. The maximum atomic E-state index is 14.2. The summed E-state index contributed by atoms with van der Waals surface area (Å²) in [4.78, 5) is 28.5. The molecule has 3 aromatic carbocycles. The van der Waals surface area contributed by atoms with Gasteiger partial charge in [0.25, 0.3) is 10.0 Å². The summed E-state index contributed by atoms with van der Waals surface area (Å²) in [6, 6.07) is 18.2. The van der Waals surface area contributed by atoms with Crippen LogP contribution in [0.15, 0.2) is 71.6 Å². The Bertz CT molecular complexity index is 1440. The van der Waals surface area contributed by atoms with E-state index in [2.05, 4.69) is 5.32 Å². The summed E-state index contributed by atoms with van der Waals surface area (Å²) < 4.78 is 40.1. The van der Waals surface area contributed by atoms with Crippen LogP contribution in [-0.4, -0.2) is 58.5 Å². The van der Waals surface area contributed by atoms with Crippen LogP contribution >= 0.6 is 0 Å². The first-order valence-electron chi connectivity index (χ1n) is 13.5. The Balaban J connectivity index is 2.13. The highest BCUT2D eigenvalue weighted by atomic mass is 32.2. The molecule has 3 aromatic rings. The third-order valence-electron chi connectivity index (χ3n) is 6.65. The minimum absolute atomic E-state index is 0.0625. The van der Waals surface area contributed by atoms with Gasteiger partial charge in [0.15, 0.2) is 11.5 Å². The molecule has 9 nitrogen and oxygen atoms in total. The maximum Gasteiger partial charge on any atom is 0.264 e. The number of carbonyl (C=O) groups is 2. The van der Waals surface area contributed by atoms with E-state index < -0.39 is 28.5 Å². The van der Waals surface area contributed by atoms with Crippen LogP contribution < -0.4 is 19.1 Å². The number of aryl methyl sites for hydroxylation is 2. The number of hydrogen-bond donors (Lipinski definition) is 1. The van der Waals surface area contributed by atoms with Crippen LogP contribution in [0, 0.1) is 13.8 Å². The Morgan fingerprint density at radius 1 is 0.878 bits per heavy atom. The van der Waals surface area contributed by atoms with E-state index >= 15 is 0 Å². The van der Waals surface area contributed by atoms with E-state index in [0.29, 0.717) is 24.4 Å². The lowest BCUT2D eigenvalue weighted by atomic mass is 10.1. The van der Waals surface area contributed by atoms with Gasteiger partial charge in [0, 0.05) is 19.2 Å². The second kappa shape index (κ2) is 14.0. The largest absolute Gasteiger partial charge is 0.493 e. The summed E-state index contributed by atoms with van der Waals surface area (Å²) in [5.41, 5.74) is 2.85. The number of carbonyl (C=O) groups excluding carboxylic acids is 2. The SMILES string of the molecule is CCNC(=O)[C@@H](CC)N(Cc1ccccc1)C(=O)CN(c1cc(C)cc(C)c1)S(=O)(=O)c1ccc(OC)c(OC)c1. The van der Waals surface area contributed by atoms with Crippen molar-refractivity contribution in [3.8, 4) is 11.5 Å². The molecule has 0 unspecified atom stereocenters. The summed E-state index contributed by atoms with van der Waals surface area (Å²) in [5.74, 6) is -0.175. The minimum atomic E-state index is -4.26. The van der Waals surface area contributed by atoms with Gasteiger partial charge in [-0.3, -0.25) is 13.9 Å². The number of likely N-dealkylation sites (N-methyl/N-ethyl adjacent to an activating group) is 1. The van der Waals surface area contributed by atoms with Gasteiger partial charge < -0.3 is 19.7 Å². The highest BCUT2D eigenvalue weighted by Gasteiger charge is 2.34. The van der Waals surface area contributed by atoms with Crippen LogP contribution in [0.5, 0.6) is 11.5 Å². The molecule has 0 saturated carbocycles. The lowest BCUT2D eigenvalue weighted by molar-refractivity contribution is -0.140. The summed E-state index contributed by atoms with van der Waals surface area (Å²) in [6.07, 6.45) is 0.358. The van der Waals surface area contributed by atoms with Crippen LogP contribution in [0.25, 0.3) is 0 Å². The molecule has 0 aromatic heterocycles. The summed E-state index contributed by atoms with van der Waals surface area (Å²) in [7, 11) is -1.37. The van der Waals surface area contributed by atoms with E-state index in [9.17, 15) is 18.0 Å². The Morgan fingerprint density at radius 3 is 2.07 bits per heavy atom. The van der Waals surface area contributed by atoms with E-state index in [4.69, 9.17) is 9.47 Å². The first-order chi connectivity index (χ1) is 19.5. The fraction of sp³-hybridized carbons (Fsp3) is 0.355. The molecular weight excluding hydrogens is 542 g/mol. The van der Waals surface area contributed by atoms with Gasteiger partial charge in [-0.1, -0.05) is 43.3 Å². The Morgan fingerprint density at radius 2 is 1.51 bits per heavy atom. The standard InChI is InChI=1S/C31H39N3O6S/c1-7-27(31(36)32-8-2)33(20-24-12-10-9-11-13-24)30(35)21-34(25-17-22(3)16-23(4)18-25)41(37,38)26-14-15-28(39-5)29(19-26)40-6/h9-19,27H,7-8,20-21H2,1-6H3,(H,32,36)/t27-/m1/s1. The number of sulfonamides is 1. The van der Waals surface area contributed by atoms with Gasteiger partial charge in [-0.15, -0.1) is 0 Å². The molecule has 1 N–H and O–H groups in total. The summed E-state index contributed by atoms with van der Waals surface area (Å²) in [6.45, 7) is 7.41. The zero-order valence-corrected chi connectivity index (χ0v) is 25.3. The number of nitrogens with zero attached hydrogens (tertiary/aromatic N) is 2. The van der Waals surface area contributed by atoms with Crippen LogP contribution in [-0.2, 0) is 26.2 Å². The second-order valence-electron chi connectivity index (χ2n) is 9.70. The van der Waals surface area contributed by atoms with E-state index in [0.717, 1.165) is 21.0 Å². The zero-order chi connectivity index (χ0) is 30.2. The number of hydrogen-bond acceptors (Lipinski definition) is 6. The molecule has 2 amide bonds. The van der Waals surface area contributed by atoms with E-state index in [1.165, 1.54) is 37.3 Å². The van der Waals surface area contributed by atoms with Crippen molar-refractivity contribution in [3.63, 3.8) is 0 Å². The minimum Gasteiger partial charge on any atom is -0.493 e. The molecule has 10 heteroatoms.